The van der Waals surface area contributed by atoms with Crippen molar-refractivity contribution < 1.29 is 9.59 Å². The molecule has 0 aliphatic carbocycles. The minimum Gasteiger partial charge on any atom is -0.352 e. The van der Waals surface area contributed by atoms with Gasteiger partial charge >= 0.3 is 0 Å². The number of benzene rings is 2. The number of para-hydroxylation sites is 1. The summed E-state index contributed by atoms with van der Waals surface area (Å²) in [5.41, 5.74) is 2.57. The fourth-order valence-corrected chi connectivity index (χ4v) is 2.94. The minimum absolute atomic E-state index is 0.0753. The Morgan fingerprint density at radius 2 is 1.83 bits per heavy atom. The van der Waals surface area contributed by atoms with E-state index in [-0.39, 0.29) is 17.7 Å². The lowest BCUT2D eigenvalue weighted by atomic mass is 10.1. The first kappa shape index (κ1) is 15.3. The third-order valence-corrected chi connectivity index (χ3v) is 4.21. The maximum absolute atomic E-state index is 12.2. The molecule has 1 saturated heterocycles. The number of amides is 2. The molecule has 1 fully saturated rings. The van der Waals surface area contributed by atoms with Crippen LogP contribution < -0.4 is 10.2 Å². The normalized spacial score (nSPS) is 17.3. The molecule has 1 N–H and O–H groups in total. The number of hydrogen-bond donors (Lipinski definition) is 1. The molecule has 1 aliphatic heterocycles. The van der Waals surface area contributed by atoms with Gasteiger partial charge in [-0.1, -0.05) is 36.4 Å². The number of carbonyl (C=O) groups excluding carboxylic acids is 2. The third kappa shape index (κ3) is 3.42. The van der Waals surface area contributed by atoms with Gasteiger partial charge in [0.15, 0.2) is 0 Å². The second-order valence-electron chi connectivity index (χ2n) is 5.93. The topological polar surface area (TPSA) is 49.4 Å². The van der Waals surface area contributed by atoms with E-state index in [4.69, 9.17) is 0 Å². The van der Waals surface area contributed by atoms with E-state index in [9.17, 15) is 9.59 Å². The van der Waals surface area contributed by atoms with Crippen molar-refractivity contribution in [2.75, 3.05) is 18.0 Å². The summed E-state index contributed by atoms with van der Waals surface area (Å²) in [6.45, 7) is 3.09. The summed E-state index contributed by atoms with van der Waals surface area (Å²) in [7, 11) is 0. The van der Waals surface area contributed by atoms with Crippen LogP contribution in [-0.2, 0) is 4.79 Å². The molecule has 0 radical (unpaired) electrons. The predicted octanol–water partition coefficient (Wildman–Crippen LogP) is 2.78. The van der Waals surface area contributed by atoms with Crippen LogP contribution in [0.1, 0.15) is 22.3 Å². The lowest BCUT2D eigenvalue weighted by molar-refractivity contribution is -0.117. The molecule has 0 aromatic heterocycles. The SMILES string of the molecule is Cc1ccccc1C(=O)NCC1CC(=O)N(c2ccccc2)C1. The molecular weight excluding hydrogens is 288 g/mol. The van der Waals surface area contributed by atoms with Crippen LogP contribution in [-0.4, -0.2) is 24.9 Å². The van der Waals surface area contributed by atoms with Gasteiger partial charge in [0.1, 0.15) is 0 Å². The highest BCUT2D eigenvalue weighted by atomic mass is 16.2. The molecule has 23 heavy (non-hydrogen) atoms. The van der Waals surface area contributed by atoms with Crippen LogP contribution in [0, 0.1) is 12.8 Å². The average Bonchev–Trinajstić information content (AvgIpc) is 2.95. The maximum atomic E-state index is 12.2. The van der Waals surface area contributed by atoms with E-state index < -0.39 is 0 Å². The standard InChI is InChI=1S/C19H20N2O2/c1-14-7-5-6-10-17(14)19(23)20-12-15-11-18(22)21(13-15)16-8-3-2-4-9-16/h2-10,15H,11-13H2,1H3,(H,20,23). The molecule has 4 nitrogen and oxygen atoms in total. The minimum atomic E-state index is -0.0753. The van der Waals surface area contributed by atoms with Crippen LogP contribution >= 0.6 is 0 Å². The molecule has 2 aromatic carbocycles. The smallest absolute Gasteiger partial charge is 0.251 e. The van der Waals surface area contributed by atoms with Gasteiger partial charge in [0.25, 0.3) is 5.91 Å². The zero-order valence-electron chi connectivity index (χ0n) is 13.2. The highest BCUT2D eigenvalue weighted by Gasteiger charge is 2.30. The second-order valence-corrected chi connectivity index (χ2v) is 5.93. The molecule has 1 unspecified atom stereocenters. The van der Waals surface area contributed by atoms with Gasteiger partial charge in [-0.3, -0.25) is 9.59 Å². The Morgan fingerprint density at radius 1 is 1.13 bits per heavy atom. The molecule has 4 heteroatoms. The van der Waals surface area contributed by atoms with E-state index in [1.165, 1.54) is 0 Å². The highest BCUT2D eigenvalue weighted by molar-refractivity contribution is 5.97. The summed E-state index contributed by atoms with van der Waals surface area (Å²) < 4.78 is 0. The van der Waals surface area contributed by atoms with E-state index in [2.05, 4.69) is 5.32 Å². The number of rotatable bonds is 4. The summed E-state index contributed by atoms with van der Waals surface area (Å²) in [5, 5.41) is 2.96. The second kappa shape index (κ2) is 6.65. The highest BCUT2D eigenvalue weighted by Crippen LogP contribution is 2.24. The summed E-state index contributed by atoms with van der Waals surface area (Å²) in [6.07, 6.45) is 0.475. The van der Waals surface area contributed by atoms with Crippen molar-refractivity contribution in [1.82, 2.24) is 5.32 Å². The van der Waals surface area contributed by atoms with Crippen molar-refractivity contribution in [3.8, 4) is 0 Å². The van der Waals surface area contributed by atoms with E-state index in [0.29, 0.717) is 25.1 Å². The third-order valence-electron chi connectivity index (χ3n) is 4.21. The summed E-state index contributed by atoms with van der Waals surface area (Å²) in [5.74, 6) is 0.190. The maximum Gasteiger partial charge on any atom is 0.251 e. The number of aryl methyl sites for hydroxylation is 1. The monoisotopic (exact) mass is 308 g/mol. The first-order chi connectivity index (χ1) is 11.1. The molecule has 1 aliphatic rings. The number of nitrogens with one attached hydrogen (secondary N) is 1. The van der Waals surface area contributed by atoms with Gasteiger partial charge in [-0.05, 0) is 30.7 Å². The molecule has 0 bridgehead atoms. The first-order valence-corrected chi connectivity index (χ1v) is 7.84. The Labute approximate surface area is 136 Å². The molecule has 118 valence electrons. The van der Waals surface area contributed by atoms with Crippen molar-refractivity contribution in [2.24, 2.45) is 5.92 Å². The Hall–Kier alpha value is -2.62. The van der Waals surface area contributed by atoms with Gasteiger partial charge in [0, 0.05) is 36.7 Å². The molecule has 1 atom stereocenters. The predicted molar refractivity (Wildman–Crippen MR) is 90.4 cm³/mol. The average molecular weight is 308 g/mol. The zero-order chi connectivity index (χ0) is 16.2. The van der Waals surface area contributed by atoms with Crippen LogP contribution in [0.4, 0.5) is 5.69 Å². The van der Waals surface area contributed by atoms with Gasteiger partial charge in [0.05, 0.1) is 0 Å². The van der Waals surface area contributed by atoms with E-state index in [0.717, 1.165) is 11.3 Å². The van der Waals surface area contributed by atoms with E-state index in [1.807, 2.05) is 61.5 Å². The van der Waals surface area contributed by atoms with Crippen molar-refractivity contribution in [3.05, 3.63) is 65.7 Å². The van der Waals surface area contributed by atoms with Crippen molar-refractivity contribution in [1.29, 1.82) is 0 Å². The molecule has 0 saturated carbocycles. The van der Waals surface area contributed by atoms with Gasteiger partial charge in [0.2, 0.25) is 5.91 Å². The lowest BCUT2D eigenvalue weighted by Gasteiger charge is -2.17. The van der Waals surface area contributed by atoms with Crippen molar-refractivity contribution in [3.63, 3.8) is 0 Å². The quantitative estimate of drug-likeness (QED) is 0.944. The van der Waals surface area contributed by atoms with Crippen LogP contribution in [0.15, 0.2) is 54.6 Å². The molecule has 0 spiro atoms. The Morgan fingerprint density at radius 3 is 2.57 bits per heavy atom. The van der Waals surface area contributed by atoms with Gasteiger partial charge in [-0.25, -0.2) is 0 Å². The Balaban J connectivity index is 1.59. The van der Waals surface area contributed by atoms with Gasteiger partial charge in [-0.15, -0.1) is 0 Å². The number of nitrogens with zero attached hydrogens (tertiary/aromatic N) is 1. The Kier molecular flexibility index (Phi) is 4.42. The summed E-state index contributed by atoms with van der Waals surface area (Å²) >= 11 is 0. The summed E-state index contributed by atoms with van der Waals surface area (Å²) in [4.78, 5) is 26.2. The van der Waals surface area contributed by atoms with E-state index in [1.54, 1.807) is 4.90 Å². The molecule has 1 heterocycles. The fraction of sp³-hybridized carbons (Fsp3) is 0.263. The molecule has 3 rings (SSSR count). The van der Waals surface area contributed by atoms with Crippen LogP contribution in [0.25, 0.3) is 0 Å². The molecule has 2 amide bonds. The fourth-order valence-electron chi connectivity index (χ4n) is 2.94. The Bertz CT molecular complexity index is 712. The number of hydrogen-bond acceptors (Lipinski definition) is 2. The largest absolute Gasteiger partial charge is 0.352 e. The zero-order valence-corrected chi connectivity index (χ0v) is 13.2. The van der Waals surface area contributed by atoms with Crippen LogP contribution in [0.3, 0.4) is 0 Å². The number of carbonyl (C=O) groups is 2. The van der Waals surface area contributed by atoms with Crippen molar-refractivity contribution >= 4 is 17.5 Å². The van der Waals surface area contributed by atoms with Crippen LogP contribution in [0.5, 0.6) is 0 Å². The lowest BCUT2D eigenvalue weighted by Crippen LogP contribution is -2.31. The van der Waals surface area contributed by atoms with Crippen LogP contribution in [0.2, 0.25) is 0 Å². The number of anilines is 1. The molecule has 2 aromatic rings. The first-order valence-electron chi connectivity index (χ1n) is 7.84. The van der Waals surface area contributed by atoms with E-state index >= 15 is 0 Å². The summed E-state index contributed by atoms with van der Waals surface area (Å²) in [6, 6.07) is 17.2. The van der Waals surface area contributed by atoms with Gasteiger partial charge < -0.3 is 10.2 Å². The van der Waals surface area contributed by atoms with Gasteiger partial charge in [-0.2, -0.15) is 0 Å². The molecular formula is C19H20N2O2. The van der Waals surface area contributed by atoms with Crippen molar-refractivity contribution in [2.45, 2.75) is 13.3 Å².